The molecule has 2 aromatic rings. The zero-order valence-electron chi connectivity index (χ0n) is 15.9. The average molecular weight is 517 g/mol. The molecule has 0 saturated carbocycles. The summed E-state index contributed by atoms with van der Waals surface area (Å²) in [5, 5.41) is 6.10. The van der Waals surface area contributed by atoms with Gasteiger partial charge in [0.1, 0.15) is 16.4 Å². The van der Waals surface area contributed by atoms with Crippen LogP contribution in [0.5, 0.6) is 0 Å². The van der Waals surface area contributed by atoms with Gasteiger partial charge in [-0.2, -0.15) is 0 Å². The fourth-order valence-electron chi connectivity index (χ4n) is 3.08. The van der Waals surface area contributed by atoms with Gasteiger partial charge in [0.15, 0.2) is 0 Å². The first-order valence-corrected chi connectivity index (χ1v) is 10.4. The van der Waals surface area contributed by atoms with Gasteiger partial charge in [-0.3, -0.25) is 4.79 Å². The summed E-state index contributed by atoms with van der Waals surface area (Å²) < 4.78 is 8.24. The monoisotopic (exact) mass is 516 g/mol. The molecular formula is C19H22ClIN4O3. The van der Waals surface area contributed by atoms with Crippen molar-refractivity contribution in [1.82, 2.24) is 20.2 Å². The van der Waals surface area contributed by atoms with Crippen molar-refractivity contribution in [3.05, 3.63) is 38.9 Å². The Hall–Kier alpha value is -1.81. The number of pyridine rings is 1. The van der Waals surface area contributed by atoms with Crippen molar-refractivity contribution >= 4 is 46.2 Å². The second kappa shape index (κ2) is 8.28. The van der Waals surface area contributed by atoms with Gasteiger partial charge in [0.2, 0.25) is 0 Å². The Morgan fingerprint density at radius 1 is 1.46 bits per heavy atom. The molecule has 1 unspecified atom stereocenters. The van der Waals surface area contributed by atoms with Gasteiger partial charge in [0.25, 0.3) is 5.91 Å². The first-order valence-electron chi connectivity index (χ1n) is 8.93. The highest BCUT2D eigenvalue weighted by Crippen LogP contribution is 2.34. The fourth-order valence-corrected chi connectivity index (χ4v) is 4.38. The van der Waals surface area contributed by atoms with Crippen LogP contribution in [-0.4, -0.2) is 40.2 Å². The molecule has 9 heteroatoms. The minimum Gasteiger partial charge on any atom is -0.444 e. The van der Waals surface area contributed by atoms with E-state index >= 15 is 0 Å². The molecule has 3 heterocycles. The van der Waals surface area contributed by atoms with E-state index < -0.39 is 11.7 Å². The van der Waals surface area contributed by atoms with Gasteiger partial charge in [-0.05, 0) is 73.5 Å². The number of hydrogen-bond acceptors (Lipinski definition) is 4. The van der Waals surface area contributed by atoms with Crippen LogP contribution in [0.25, 0.3) is 11.1 Å². The number of fused-ring (bicyclic) bond motifs is 1. The van der Waals surface area contributed by atoms with Gasteiger partial charge in [-0.15, -0.1) is 0 Å². The molecule has 0 spiro atoms. The summed E-state index contributed by atoms with van der Waals surface area (Å²) in [6.07, 6.45) is 1.86. The molecule has 1 aliphatic rings. The first-order chi connectivity index (χ1) is 13.2. The van der Waals surface area contributed by atoms with E-state index in [9.17, 15) is 9.59 Å². The topological polar surface area (TPSA) is 85.2 Å². The number of ether oxygens (including phenoxy) is 1. The summed E-state index contributed by atoms with van der Waals surface area (Å²) in [5.74, 6) is -0.110. The minimum atomic E-state index is -0.535. The summed E-state index contributed by atoms with van der Waals surface area (Å²) in [6.45, 7) is 6.42. The van der Waals surface area contributed by atoms with Crippen molar-refractivity contribution in [1.29, 1.82) is 0 Å². The lowest BCUT2D eigenvalue weighted by Gasteiger charge is -2.28. The number of carbonyl (C=O) groups is 2. The molecule has 0 radical (unpaired) electrons. The van der Waals surface area contributed by atoms with Crippen LogP contribution < -0.4 is 10.6 Å². The summed E-state index contributed by atoms with van der Waals surface area (Å²) >= 11 is 8.27. The molecule has 28 heavy (non-hydrogen) atoms. The molecule has 0 saturated heterocycles. The SMILES string of the molecule is CC(C)(C)OC(=O)NCCC1CNC(=O)c2cc(-c3ccnc(Cl)c3)c(I)n21. The van der Waals surface area contributed by atoms with E-state index in [-0.39, 0.29) is 11.9 Å². The van der Waals surface area contributed by atoms with Crippen molar-refractivity contribution in [3.63, 3.8) is 0 Å². The van der Waals surface area contributed by atoms with Crippen molar-refractivity contribution in [2.45, 2.75) is 38.8 Å². The molecular weight excluding hydrogens is 495 g/mol. The van der Waals surface area contributed by atoms with Gasteiger partial charge in [0.05, 0.1) is 9.74 Å². The zero-order chi connectivity index (χ0) is 20.5. The Labute approximate surface area is 182 Å². The van der Waals surface area contributed by atoms with Crippen LogP contribution in [0.3, 0.4) is 0 Å². The molecule has 0 bridgehead atoms. The van der Waals surface area contributed by atoms with E-state index in [1.807, 2.05) is 37.5 Å². The number of halogens is 2. The molecule has 2 amide bonds. The number of amides is 2. The van der Waals surface area contributed by atoms with Crippen LogP contribution in [0, 0.1) is 3.70 Å². The zero-order valence-corrected chi connectivity index (χ0v) is 18.8. The first kappa shape index (κ1) is 20.9. The fraction of sp³-hybridized carbons (Fsp3) is 0.421. The van der Waals surface area contributed by atoms with Crippen molar-refractivity contribution in [2.24, 2.45) is 0 Å². The standard InChI is InChI=1S/C19H22ClIN4O3/c1-19(2,3)28-18(27)23-7-5-12-10-24-17(26)14-9-13(16(21)25(12)14)11-4-6-22-15(20)8-11/h4,6,8-9,12H,5,7,10H2,1-3H3,(H,23,27)(H,24,26). The smallest absolute Gasteiger partial charge is 0.407 e. The summed E-state index contributed by atoms with van der Waals surface area (Å²) in [4.78, 5) is 28.2. The predicted octanol–water partition coefficient (Wildman–Crippen LogP) is 4.01. The predicted molar refractivity (Wildman–Crippen MR) is 116 cm³/mol. The molecule has 2 N–H and O–H groups in total. The van der Waals surface area contributed by atoms with Crippen molar-refractivity contribution < 1.29 is 14.3 Å². The van der Waals surface area contributed by atoms with E-state index in [0.717, 1.165) is 14.8 Å². The Bertz CT molecular complexity index is 907. The van der Waals surface area contributed by atoms with Crippen LogP contribution in [-0.2, 0) is 4.74 Å². The maximum Gasteiger partial charge on any atom is 0.407 e. The van der Waals surface area contributed by atoms with Gasteiger partial charge in [-0.25, -0.2) is 9.78 Å². The van der Waals surface area contributed by atoms with E-state index in [1.54, 1.807) is 12.3 Å². The Morgan fingerprint density at radius 2 is 2.21 bits per heavy atom. The average Bonchev–Trinajstić information content (AvgIpc) is 2.94. The third-order valence-corrected chi connectivity index (χ3v) is 5.56. The van der Waals surface area contributed by atoms with Crippen LogP contribution in [0.1, 0.15) is 43.7 Å². The normalized spacial score (nSPS) is 16.3. The highest BCUT2D eigenvalue weighted by Gasteiger charge is 2.29. The van der Waals surface area contributed by atoms with Gasteiger partial charge >= 0.3 is 6.09 Å². The number of nitrogens with one attached hydrogen (secondary N) is 2. The number of aromatic nitrogens is 2. The van der Waals surface area contributed by atoms with E-state index in [4.69, 9.17) is 16.3 Å². The lowest BCUT2D eigenvalue weighted by atomic mass is 10.1. The highest BCUT2D eigenvalue weighted by atomic mass is 127. The molecule has 0 fully saturated rings. The van der Waals surface area contributed by atoms with E-state index in [0.29, 0.717) is 30.4 Å². The van der Waals surface area contributed by atoms with E-state index in [2.05, 4.69) is 38.2 Å². The Kier molecular flexibility index (Phi) is 6.18. The van der Waals surface area contributed by atoms with Crippen LogP contribution in [0.4, 0.5) is 4.79 Å². The Morgan fingerprint density at radius 3 is 2.89 bits per heavy atom. The molecule has 0 aliphatic carbocycles. The molecule has 3 rings (SSSR count). The summed E-state index contributed by atoms with van der Waals surface area (Å²) in [6, 6.07) is 5.55. The lowest BCUT2D eigenvalue weighted by molar-refractivity contribution is 0.0523. The van der Waals surface area contributed by atoms with Crippen molar-refractivity contribution in [2.75, 3.05) is 13.1 Å². The maximum absolute atomic E-state index is 12.4. The number of carbonyl (C=O) groups excluding carboxylic acids is 2. The van der Waals surface area contributed by atoms with Crippen molar-refractivity contribution in [3.8, 4) is 11.1 Å². The molecule has 150 valence electrons. The van der Waals surface area contributed by atoms with Gasteiger partial charge in [0, 0.05) is 24.8 Å². The summed E-state index contributed by atoms with van der Waals surface area (Å²) in [7, 11) is 0. The lowest BCUT2D eigenvalue weighted by Crippen LogP contribution is -2.41. The molecule has 7 nitrogen and oxygen atoms in total. The van der Waals surface area contributed by atoms with Crippen LogP contribution >= 0.6 is 34.2 Å². The maximum atomic E-state index is 12.4. The number of alkyl carbamates (subject to hydrolysis) is 1. The molecule has 1 aliphatic heterocycles. The van der Waals surface area contributed by atoms with Crippen LogP contribution in [0.15, 0.2) is 24.4 Å². The number of rotatable bonds is 4. The third-order valence-electron chi connectivity index (χ3n) is 4.25. The number of nitrogens with zero attached hydrogens (tertiary/aromatic N) is 2. The second-order valence-electron chi connectivity index (χ2n) is 7.55. The quantitative estimate of drug-likeness (QED) is 0.475. The summed E-state index contributed by atoms with van der Waals surface area (Å²) in [5.41, 5.74) is 1.90. The van der Waals surface area contributed by atoms with E-state index in [1.165, 1.54) is 0 Å². The molecule has 0 aromatic carbocycles. The van der Waals surface area contributed by atoms with Gasteiger partial charge < -0.3 is 19.9 Å². The highest BCUT2D eigenvalue weighted by molar-refractivity contribution is 14.1. The molecule has 1 atom stereocenters. The number of hydrogen-bond donors (Lipinski definition) is 2. The minimum absolute atomic E-state index is 0.0283. The van der Waals surface area contributed by atoms with Crippen LogP contribution in [0.2, 0.25) is 5.15 Å². The van der Waals surface area contributed by atoms with Gasteiger partial charge in [-0.1, -0.05) is 11.6 Å². The third kappa shape index (κ3) is 4.78. The largest absolute Gasteiger partial charge is 0.444 e. The molecule has 2 aromatic heterocycles. The Balaban J connectivity index is 1.78. The second-order valence-corrected chi connectivity index (χ2v) is 8.96.